The second-order valence-electron chi connectivity index (χ2n) is 4.36. The molecular weight excluding hydrogens is 250 g/mol. The van der Waals surface area contributed by atoms with Crippen molar-refractivity contribution in [3.05, 3.63) is 72.6 Å². The van der Waals surface area contributed by atoms with E-state index in [-0.39, 0.29) is 6.04 Å². The van der Waals surface area contributed by atoms with E-state index in [0.717, 1.165) is 17.1 Å². The summed E-state index contributed by atoms with van der Waals surface area (Å²) in [5, 5.41) is 7.69. The lowest BCUT2D eigenvalue weighted by Gasteiger charge is -2.17. The molecule has 5 nitrogen and oxygen atoms in total. The molecule has 0 aliphatic heterocycles. The second kappa shape index (κ2) is 5.63. The van der Waals surface area contributed by atoms with Crippen molar-refractivity contribution in [1.82, 2.24) is 25.1 Å². The van der Waals surface area contributed by atoms with Crippen molar-refractivity contribution < 1.29 is 0 Å². The molecule has 100 valence electrons. The quantitative estimate of drug-likeness (QED) is 0.783. The summed E-state index contributed by atoms with van der Waals surface area (Å²) in [5.41, 5.74) is 2.99. The van der Waals surface area contributed by atoms with Crippen LogP contribution in [0.4, 0.5) is 0 Å². The van der Waals surface area contributed by atoms with E-state index in [9.17, 15) is 0 Å². The van der Waals surface area contributed by atoms with Crippen molar-refractivity contribution in [2.24, 2.45) is 0 Å². The van der Waals surface area contributed by atoms with Gasteiger partial charge in [0.15, 0.2) is 0 Å². The Kier molecular flexibility index (Phi) is 3.52. The number of nitrogens with zero attached hydrogens (tertiary/aromatic N) is 4. The van der Waals surface area contributed by atoms with Crippen LogP contribution < -0.4 is 5.32 Å². The van der Waals surface area contributed by atoms with Crippen LogP contribution in [0.5, 0.6) is 0 Å². The summed E-state index contributed by atoms with van der Waals surface area (Å²) in [5.74, 6) is 0. The Morgan fingerprint density at radius 1 is 1.05 bits per heavy atom. The molecule has 3 rings (SSSR count). The number of hydrogen-bond acceptors (Lipinski definition) is 4. The van der Waals surface area contributed by atoms with Gasteiger partial charge in [0.05, 0.1) is 23.1 Å². The topological polar surface area (TPSA) is 55.6 Å². The predicted octanol–water partition coefficient (Wildman–Crippen LogP) is 1.97. The summed E-state index contributed by atoms with van der Waals surface area (Å²) in [6, 6.07) is 13.9. The first kappa shape index (κ1) is 12.5. The minimum atomic E-state index is -0.0271. The van der Waals surface area contributed by atoms with Crippen LogP contribution in [-0.4, -0.2) is 26.8 Å². The highest BCUT2D eigenvalue weighted by molar-refractivity contribution is 5.34. The average molecular weight is 265 g/mol. The van der Waals surface area contributed by atoms with E-state index in [2.05, 4.69) is 20.4 Å². The number of para-hydroxylation sites is 1. The van der Waals surface area contributed by atoms with Crippen LogP contribution in [0.3, 0.4) is 0 Å². The van der Waals surface area contributed by atoms with E-state index < -0.39 is 0 Å². The molecule has 0 amide bonds. The summed E-state index contributed by atoms with van der Waals surface area (Å²) in [6.45, 7) is 0. The normalized spacial score (nSPS) is 12.2. The fraction of sp³-hybridized carbons (Fsp3) is 0.133. The van der Waals surface area contributed by atoms with Gasteiger partial charge in [-0.25, -0.2) is 14.6 Å². The van der Waals surface area contributed by atoms with Crippen LogP contribution >= 0.6 is 0 Å². The third-order valence-corrected chi connectivity index (χ3v) is 3.16. The molecule has 1 unspecified atom stereocenters. The van der Waals surface area contributed by atoms with Crippen LogP contribution in [0.1, 0.15) is 17.4 Å². The van der Waals surface area contributed by atoms with Crippen molar-refractivity contribution in [3.8, 4) is 5.69 Å². The number of benzene rings is 1. The predicted molar refractivity (Wildman–Crippen MR) is 76.5 cm³/mol. The largest absolute Gasteiger partial charge is 0.307 e. The van der Waals surface area contributed by atoms with Gasteiger partial charge in [0.25, 0.3) is 0 Å². The van der Waals surface area contributed by atoms with Gasteiger partial charge in [0.1, 0.15) is 6.33 Å². The van der Waals surface area contributed by atoms with Crippen LogP contribution in [-0.2, 0) is 0 Å². The molecule has 0 radical (unpaired) electrons. The molecule has 2 heterocycles. The summed E-state index contributed by atoms with van der Waals surface area (Å²) in [6.07, 6.45) is 5.10. The van der Waals surface area contributed by atoms with Gasteiger partial charge >= 0.3 is 0 Å². The van der Waals surface area contributed by atoms with Crippen molar-refractivity contribution in [2.75, 3.05) is 7.05 Å². The van der Waals surface area contributed by atoms with Crippen molar-refractivity contribution in [2.45, 2.75) is 6.04 Å². The van der Waals surface area contributed by atoms with Gasteiger partial charge < -0.3 is 5.32 Å². The summed E-state index contributed by atoms with van der Waals surface area (Å²) < 4.78 is 1.92. The van der Waals surface area contributed by atoms with Gasteiger partial charge in [-0.1, -0.05) is 18.2 Å². The van der Waals surface area contributed by atoms with E-state index in [1.165, 1.54) is 0 Å². The molecule has 1 aromatic carbocycles. The molecule has 0 aliphatic carbocycles. The van der Waals surface area contributed by atoms with Gasteiger partial charge in [-0.2, -0.15) is 5.10 Å². The third kappa shape index (κ3) is 2.31. The summed E-state index contributed by atoms with van der Waals surface area (Å²) in [7, 11) is 1.91. The molecule has 0 bridgehead atoms. The van der Waals surface area contributed by atoms with E-state index in [1.54, 1.807) is 18.7 Å². The van der Waals surface area contributed by atoms with Crippen molar-refractivity contribution >= 4 is 0 Å². The minimum Gasteiger partial charge on any atom is -0.307 e. The summed E-state index contributed by atoms with van der Waals surface area (Å²) in [4.78, 5) is 8.29. The zero-order chi connectivity index (χ0) is 13.8. The molecule has 0 saturated carbocycles. The average Bonchev–Trinajstić information content (AvgIpc) is 2.99. The molecule has 0 saturated heterocycles. The highest BCUT2D eigenvalue weighted by Gasteiger charge is 2.18. The van der Waals surface area contributed by atoms with Gasteiger partial charge in [0, 0.05) is 12.4 Å². The molecule has 0 spiro atoms. The molecule has 20 heavy (non-hydrogen) atoms. The van der Waals surface area contributed by atoms with Crippen LogP contribution in [0.15, 0.2) is 61.2 Å². The number of nitrogens with one attached hydrogen (secondary N) is 1. The van der Waals surface area contributed by atoms with E-state index >= 15 is 0 Å². The van der Waals surface area contributed by atoms with Crippen LogP contribution in [0.2, 0.25) is 0 Å². The maximum atomic E-state index is 4.41. The highest BCUT2D eigenvalue weighted by Crippen LogP contribution is 2.21. The van der Waals surface area contributed by atoms with Gasteiger partial charge in [-0.3, -0.25) is 0 Å². The highest BCUT2D eigenvalue weighted by atomic mass is 15.3. The SMILES string of the molecule is CNC(c1ccncn1)c1ccnn1-c1ccccc1. The third-order valence-electron chi connectivity index (χ3n) is 3.16. The molecule has 1 atom stereocenters. The fourth-order valence-corrected chi connectivity index (χ4v) is 2.24. The van der Waals surface area contributed by atoms with Gasteiger partial charge in [0.2, 0.25) is 0 Å². The second-order valence-corrected chi connectivity index (χ2v) is 4.36. The molecule has 1 N–H and O–H groups in total. The number of hydrogen-bond donors (Lipinski definition) is 1. The first-order valence-corrected chi connectivity index (χ1v) is 6.42. The lowest BCUT2D eigenvalue weighted by atomic mass is 10.1. The zero-order valence-corrected chi connectivity index (χ0v) is 11.1. The Morgan fingerprint density at radius 2 is 1.90 bits per heavy atom. The first-order valence-electron chi connectivity index (χ1n) is 6.42. The molecule has 0 fully saturated rings. The van der Waals surface area contributed by atoms with Crippen molar-refractivity contribution in [3.63, 3.8) is 0 Å². The maximum absolute atomic E-state index is 4.41. The molecule has 5 heteroatoms. The van der Waals surface area contributed by atoms with E-state index in [0.29, 0.717) is 0 Å². The Labute approximate surface area is 117 Å². The lowest BCUT2D eigenvalue weighted by Crippen LogP contribution is -2.22. The standard InChI is InChI=1S/C15H15N5/c1-16-15(13-7-9-17-11-18-13)14-8-10-19-20(14)12-5-3-2-4-6-12/h2-11,15-16H,1H3. The first-order chi connectivity index (χ1) is 9.90. The Morgan fingerprint density at radius 3 is 2.60 bits per heavy atom. The maximum Gasteiger partial charge on any atom is 0.115 e. The van der Waals surface area contributed by atoms with Gasteiger partial charge in [-0.05, 0) is 31.3 Å². The smallest absolute Gasteiger partial charge is 0.115 e. The molecular formula is C15H15N5. The van der Waals surface area contributed by atoms with Crippen molar-refractivity contribution in [1.29, 1.82) is 0 Å². The van der Waals surface area contributed by atoms with Crippen LogP contribution in [0, 0.1) is 0 Å². The Balaban J connectivity index is 2.04. The Hall–Kier alpha value is -2.53. The zero-order valence-electron chi connectivity index (χ0n) is 11.1. The number of aromatic nitrogens is 4. The van der Waals surface area contributed by atoms with E-state index in [1.807, 2.05) is 54.2 Å². The fourth-order valence-electron chi connectivity index (χ4n) is 2.24. The molecule has 0 aliphatic rings. The number of rotatable bonds is 4. The minimum absolute atomic E-state index is 0.0271. The van der Waals surface area contributed by atoms with E-state index in [4.69, 9.17) is 0 Å². The van der Waals surface area contributed by atoms with Gasteiger partial charge in [-0.15, -0.1) is 0 Å². The molecule has 2 aromatic heterocycles. The van der Waals surface area contributed by atoms with Crippen LogP contribution in [0.25, 0.3) is 5.69 Å². The molecule has 3 aromatic rings. The summed E-state index contributed by atoms with van der Waals surface area (Å²) >= 11 is 0. The Bertz CT molecular complexity index is 663. The lowest BCUT2D eigenvalue weighted by molar-refractivity contribution is 0.620. The monoisotopic (exact) mass is 265 g/mol.